The monoisotopic (exact) mass is 445 g/mol. The molecule has 7 nitrogen and oxygen atoms in total. The van der Waals surface area contributed by atoms with Crippen molar-refractivity contribution in [1.82, 2.24) is 0 Å². The van der Waals surface area contributed by atoms with Gasteiger partial charge in [0.25, 0.3) is 0 Å². The number of carbonyl (C=O) groups excluding carboxylic acids is 3. The number of esters is 1. The summed E-state index contributed by atoms with van der Waals surface area (Å²) in [6.45, 7) is 5.41. The van der Waals surface area contributed by atoms with Gasteiger partial charge in [-0.3, -0.25) is 14.9 Å². The summed E-state index contributed by atoms with van der Waals surface area (Å²) in [5, 5.41) is 12.3. The van der Waals surface area contributed by atoms with Crippen LogP contribution in [0.4, 0.5) is 10.5 Å². The van der Waals surface area contributed by atoms with E-state index in [1.807, 2.05) is 13.8 Å². The normalized spacial score (nSPS) is 12.0. The molecule has 2 N–H and O–H groups in total. The van der Waals surface area contributed by atoms with E-state index in [4.69, 9.17) is 9.47 Å². The second-order valence-electron chi connectivity index (χ2n) is 7.75. The number of benzene rings is 2. The Kier molecular flexibility index (Phi) is 8.50. The van der Waals surface area contributed by atoms with Crippen LogP contribution < -0.4 is 5.32 Å². The minimum atomic E-state index is -0.681. The molecule has 0 radical (unpaired) electrons. The van der Waals surface area contributed by atoms with E-state index in [1.165, 1.54) is 19.1 Å². The Hall–Kier alpha value is -3.00. The molecule has 2 aromatic carbocycles. The Morgan fingerprint density at radius 2 is 1.68 bits per heavy atom. The highest BCUT2D eigenvalue weighted by Gasteiger charge is 2.34. The number of thiol groups is 1. The summed E-state index contributed by atoms with van der Waals surface area (Å²) in [4.78, 5) is 35.4. The third-order valence-electron chi connectivity index (χ3n) is 4.81. The summed E-state index contributed by atoms with van der Waals surface area (Å²) in [6.07, 6.45) is -0.924. The third-order valence-corrected chi connectivity index (χ3v) is 5.07. The van der Waals surface area contributed by atoms with Gasteiger partial charge in [0.1, 0.15) is 11.9 Å². The Morgan fingerprint density at radius 3 is 2.23 bits per heavy atom. The molecule has 0 saturated heterocycles. The molecule has 31 heavy (non-hydrogen) atoms. The van der Waals surface area contributed by atoms with Crippen LogP contribution >= 0.6 is 12.6 Å². The molecule has 2 aromatic rings. The van der Waals surface area contributed by atoms with Crippen LogP contribution in [0.15, 0.2) is 48.5 Å². The van der Waals surface area contributed by atoms with Gasteiger partial charge in [-0.15, -0.1) is 0 Å². The molecule has 0 spiro atoms. The van der Waals surface area contributed by atoms with E-state index in [-0.39, 0.29) is 23.9 Å². The number of Topliss-reactive ketones (excluding diaryl/α,β-unsaturated/α-hetero) is 1. The number of rotatable bonds is 9. The first-order valence-corrected chi connectivity index (χ1v) is 10.4. The van der Waals surface area contributed by atoms with Crippen molar-refractivity contribution in [3.63, 3.8) is 0 Å². The van der Waals surface area contributed by atoms with Crippen molar-refractivity contribution >= 4 is 36.2 Å². The van der Waals surface area contributed by atoms with Gasteiger partial charge in [-0.1, -0.05) is 26.0 Å². The molecule has 0 aliphatic rings. The van der Waals surface area contributed by atoms with Crippen LogP contribution in [-0.2, 0) is 14.3 Å². The molecule has 8 heteroatoms. The van der Waals surface area contributed by atoms with Gasteiger partial charge in [-0.25, -0.2) is 4.79 Å². The van der Waals surface area contributed by atoms with E-state index in [1.54, 1.807) is 36.4 Å². The molecule has 0 fully saturated rings. The molecule has 0 aromatic heterocycles. The quantitative estimate of drug-likeness (QED) is 0.292. The summed E-state index contributed by atoms with van der Waals surface area (Å²) in [5.74, 6) is -0.406. The standard InChI is InChI=1S/C23H27NO6S/c1-15(25)16-4-8-18(9-5-16)24-22(28)30-21(17-6-10-19(26)11-7-17)23(2,3)12-13-29-20(27)14-31/h4-11,21,26,31H,12-14H2,1-3H3,(H,24,28)/t21-/m1/s1. The highest BCUT2D eigenvalue weighted by Crippen LogP contribution is 2.40. The van der Waals surface area contributed by atoms with E-state index in [9.17, 15) is 19.5 Å². The predicted octanol–water partition coefficient (Wildman–Crippen LogP) is 4.77. The zero-order chi connectivity index (χ0) is 23.0. The van der Waals surface area contributed by atoms with E-state index >= 15 is 0 Å². The highest BCUT2D eigenvalue weighted by molar-refractivity contribution is 7.81. The number of phenols is 1. The first-order valence-electron chi connectivity index (χ1n) is 9.76. The van der Waals surface area contributed by atoms with Gasteiger partial charge in [0.05, 0.1) is 12.4 Å². The molecular formula is C23H27NO6S. The maximum atomic E-state index is 12.6. The molecule has 2 rings (SSSR count). The topological polar surface area (TPSA) is 102 Å². The zero-order valence-electron chi connectivity index (χ0n) is 17.8. The summed E-state index contributed by atoms with van der Waals surface area (Å²) in [6, 6.07) is 12.9. The second-order valence-corrected chi connectivity index (χ2v) is 8.07. The molecule has 1 amide bonds. The van der Waals surface area contributed by atoms with Crippen LogP contribution in [-0.4, -0.2) is 35.3 Å². The van der Waals surface area contributed by atoms with E-state index < -0.39 is 23.6 Å². The smallest absolute Gasteiger partial charge is 0.412 e. The fraction of sp³-hybridized carbons (Fsp3) is 0.348. The molecule has 0 aliphatic carbocycles. The molecular weight excluding hydrogens is 418 g/mol. The lowest BCUT2D eigenvalue weighted by atomic mass is 9.80. The van der Waals surface area contributed by atoms with Crippen LogP contribution in [0.2, 0.25) is 0 Å². The van der Waals surface area contributed by atoms with Crippen LogP contribution in [0.25, 0.3) is 0 Å². The van der Waals surface area contributed by atoms with Crippen LogP contribution in [0.1, 0.15) is 49.2 Å². The number of carbonyl (C=O) groups is 3. The SMILES string of the molecule is CC(=O)c1ccc(NC(=O)O[C@H](c2ccc(O)cc2)C(C)(C)CCOC(=O)CS)cc1. The zero-order valence-corrected chi connectivity index (χ0v) is 18.6. The lowest BCUT2D eigenvalue weighted by Gasteiger charge is -2.34. The Labute approximate surface area is 187 Å². The van der Waals surface area contributed by atoms with Crippen molar-refractivity contribution in [2.45, 2.75) is 33.3 Å². The lowest BCUT2D eigenvalue weighted by molar-refractivity contribution is -0.141. The number of ketones is 1. The number of nitrogens with one attached hydrogen (secondary N) is 1. The van der Waals surface area contributed by atoms with Crippen molar-refractivity contribution < 1.29 is 29.0 Å². The number of ether oxygens (including phenoxy) is 2. The molecule has 0 bridgehead atoms. The van der Waals surface area contributed by atoms with Gasteiger partial charge < -0.3 is 14.6 Å². The summed E-state index contributed by atoms with van der Waals surface area (Å²) in [5.41, 5.74) is 1.12. The second kappa shape index (κ2) is 10.9. The van der Waals surface area contributed by atoms with E-state index in [0.29, 0.717) is 23.2 Å². The van der Waals surface area contributed by atoms with Gasteiger partial charge >= 0.3 is 12.1 Å². The van der Waals surface area contributed by atoms with Crippen molar-refractivity contribution in [2.75, 3.05) is 17.7 Å². The molecule has 0 aliphatic heterocycles. The number of anilines is 1. The van der Waals surface area contributed by atoms with Crippen molar-refractivity contribution in [2.24, 2.45) is 5.41 Å². The maximum Gasteiger partial charge on any atom is 0.412 e. The van der Waals surface area contributed by atoms with Gasteiger partial charge in [0.15, 0.2) is 5.78 Å². The van der Waals surface area contributed by atoms with Gasteiger partial charge in [0, 0.05) is 16.7 Å². The summed E-state index contributed by atoms with van der Waals surface area (Å²) in [7, 11) is 0. The average Bonchev–Trinajstić information content (AvgIpc) is 2.72. The molecule has 166 valence electrons. The molecule has 0 unspecified atom stereocenters. The highest BCUT2D eigenvalue weighted by atomic mass is 32.1. The fourth-order valence-corrected chi connectivity index (χ4v) is 3.07. The number of phenolic OH excluding ortho intramolecular Hbond substituents is 1. The van der Waals surface area contributed by atoms with Crippen LogP contribution in [0.5, 0.6) is 5.75 Å². The average molecular weight is 446 g/mol. The van der Waals surface area contributed by atoms with E-state index in [0.717, 1.165) is 0 Å². The third kappa shape index (κ3) is 7.32. The summed E-state index contributed by atoms with van der Waals surface area (Å²) >= 11 is 3.88. The number of amides is 1. The summed E-state index contributed by atoms with van der Waals surface area (Å²) < 4.78 is 10.9. The minimum Gasteiger partial charge on any atom is -0.508 e. The van der Waals surface area contributed by atoms with Gasteiger partial charge in [-0.2, -0.15) is 12.6 Å². The number of hydrogen-bond donors (Lipinski definition) is 3. The van der Waals surface area contributed by atoms with Crippen LogP contribution in [0.3, 0.4) is 0 Å². The first kappa shape index (κ1) is 24.3. The lowest BCUT2D eigenvalue weighted by Crippen LogP contribution is -2.30. The minimum absolute atomic E-state index is 0.0108. The van der Waals surface area contributed by atoms with Crippen molar-refractivity contribution in [3.05, 3.63) is 59.7 Å². The Bertz CT molecular complexity index is 909. The van der Waals surface area contributed by atoms with Gasteiger partial charge in [0.2, 0.25) is 0 Å². The van der Waals surface area contributed by atoms with E-state index in [2.05, 4.69) is 17.9 Å². The largest absolute Gasteiger partial charge is 0.508 e. The fourth-order valence-electron chi connectivity index (χ4n) is 2.98. The Morgan fingerprint density at radius 1 is 1.06 bits per heavy atom. The Balaban J connectivity index is 2.15. The van der Waals surface area contributed by atoms with Gasteiger partial charge in [-0.05, 0) is 55.3 Å². The van der Waals surface area contributed by atoms with Crippen molar-refractivity contribution in [1.29, 1.82) is 0 Å². The van der Waals surface area contributed by atoms with Crippen LogP contribution in [0, 0.1) is 5.41 Å². The molecule has 0 saturated carbocycles. The molecule has 1 atom stereocenters. The maximum absolute atomic E-state index is 12.6. The predicted molar refractivity (Wildman–Crippen MR) is 121 cm³/mol. The number of aromatic hydroxyl groups is 1. The molecule has 0 heterocycles. The van der Waals surface area contributed by atoms with Crippen molar-refractivity contribution in [3.8, 4) is 5.75 Å². The first-order chi connectivity index (χ1) is 14.6. The number of hydrogen-bond acceptors (Lipinski definition) is 7.